The van der Waals surface area contributed by atoms with Crippen molar-refractivity contribution in [3.05, 3.63) is 32.3 Å². The van der Waals surface area contributed by atoms with Gasteiger partial charge in [-0.2, -0.15) is 0 Å². The van der Waals surface area contributed by atoms with Crippen LogP contribution in [0.3, 0.4) is 0 Å². The van der Waals surface area contributed by atoms with E-state index in [0.29, 0.717) is 18.8 Å². The number of aliphatic carboxylic acids is 1. The normalized spacial score (nSPS) is 16.4. The number of carboxylic acids is 1. The van der Waals surface area contributed by atoms with Gasteiger partial charge in [0.1, 0.15) is 17.9 Å². The maximum absolute atomic E-state index is 11.1. The van der Waals surface area contributed by atoms with E-state index in [2.05, 4.69) is 0 Å². The molecule has 0 aromatic heterocycles. The predicted octanol–water partition coefficient (Wildman–Crippen LogP) is 2.58. The summed E-state index contributed by atoms with van der Waals surface area (Å²) in [4.78, 5) is 22.7. The van der Waals surface area contributed by atoms with Gasteiger partial charge in [0.25, 0.3) is 5.69 Å². The summed E-state index contributed by atoms with van der Waals surface area (Å²) >= 11 is 11.7. The van der Waals surface area contributed by atoms with Gasteiger partial charge in [0.15, 0.2) is 0 Å². The smallest absolute Gasteiger partial charge is 0.329 e. The summed E-state index contributed by atoms with van der Waals surface area (Å²) in [6.07, 6.45) is 0. The zero-order valence-corrected chi connectivity index (χ0v) is 12.5. The maximum Gasteiger partial charge on any atom is 0.329 e. The Balaban J connectivity index is 2.16. The van der Waals surface area contributed by atoms with E-state index in [4.69, 9.17) is 33.0 Å². The summed E-state index contributed by atoms with van der Waals surface area (Å²) in [7, 11) is 0. The first kappa shape index (κ1) is 15.8. The van der Waals surface area contributed by atoms with Crippen LogP contribution in [0, 0.1) is 10.1 Å². The van der Waals surface area contributed by atoms with Crippen LogP contribution in [0.1, 0.15) is 6.92 Å². The van der Waals surface area contributed by atoms with Crippen LogP contribution in [0.4, 0.5) is 11.4 Å². The van der Waals surface area contributed by atoms with Crippen molar-refractivity contribution in [3.8, 4) is 0 Å². The topological polar surface area (TPSA) is 92.9 Å². The summed E-state index contributed by atoms with van der Waals surface area (Å²) in [5, 5.41) is 20.0. The molecule has 0 radical (unpaired) electrons. The molecule has 1 aromatic carbocycles. The molecule has 0 saturated carbocycles. The Bertz CT molecular complexity index is 602. The summed E-state index contributed by atoms with van der Waals surface area (Å²) in [6, 6.07) is 2.63. The van der Waals surface area contributed by atoms with Crippen molar-refractivity contribution >= 4 is 40.5 Å². The van der Waals surface area contributed by atoms with Crippen LogP contribution in [-0.4, -0.2) is 41.3 Å². The van der Waals surface area contributed by atoms with Crippen LogP contribution in [0.5, 0.6) is 0 Å². The number of nitro benzene ring substituents is 1. The molecule has 0 spiro atoms. The number of hydrogen-bond donors (Lipinski definition) is 1. The van der Waals surface area contributed by atoms with Crippen molar-refractivity contribution in [2.75, 3.05) is 24.6 Å². The van der Waals surface area contributed by atoms with E-state index in [1.165, 1.54) is 12.1 Å². The minimum absolute atomic E-state index is 0.109. The lowest BCUT2D eigenvalue weighted by Crippen LogP contribution is -2.62. The Hall–Kier alpha value is -1.57. The van der Waals surface area contributed by atoms with Crippen molar-refractivity contribution in [3.63, 3.8) is 0 Å². The first-order valence-corrected chi connectivity index (χ1v) is 6.71. The molecule has 21 heavy (non-hydrogen) atoms. The van der Waals surface area contributed by atoms with Gasteiger partial charge in [-0.25, -0.2) is 4.79 Å². The maximum atomic E-state index is 11.1. The number of rotatable bonds is 5. The number of carboxylic acid groups (broad SMARTS) is 1. The number of nitrogens with zero attached hydrogens (tertiary/aromatic N) is 2. The molecule has 2 rings (SSSR count). The zero-order valence-electron chi connectivity index (χ0n) is 11.0. The van der Waals surface area contributed by atoms with Crippen LogP contribution >= 0.6 is 23.2 Å². The number of benzene rings is 1. The Morgan fingerprint density at radius 3 is 2.57 bits per heavy atom. The highest BCUT2D eigenvalue weighted by atomic mass is 35.5. The SMILES string of the molecule is CC1(OCC(=O)O)CN(c2cc(Cl)c(Cl)cc2[N+](=O)[O-])C1. The zero-order chi connectivity index (χ0) is 15.8. The highest BCUT2D eigenvalue weighted by Crippen LogP contribution is 2.40. The third kappa shape index (κ3) is 3.37. The van der Waals surface area contributed by atoms with E-state index in [-0.39, 0.29) is 15.7 Å². The quantitative estimate of drug-likeness (QED) is 0.657. The van der Waals surface area contributed by atoms with Gasteiger partial charge in [-0.3, -0.25) is 10.1 Å². The average Bonchev–Trinajstić information content (AvgIpc) is 2.35. The standard InChI is InChI=1S/C12H12Cl2N2O5/c1-12(21-4-11(17)18)5-15(6-12)9-2-7(13)8(14)3-10(9)16(19)20/h2-3H,4-6H2,1H3,(H,17,18). The van der Waals surface area contributed by atoms with E-state index in [0.717, 1.165) is 0 Å². The second kappa shape index (κ2) is 5.67. The van der Waals surface area contributed by atoms with Crippen LogP contribution < -0.4 is 4.90 Å². The monoisotopic (exact) mass is 334 g/mol. The molecule has 1 N–H and O–H groups in total. The molecule has 0 aliphatic carbocycles. The fourth-order valence-corrected chi connectivity index (χ4v) is 2.50. The van der Waals surface area contributed by atoms with Gasteiger partial charge < -0.3 is 14.7 Å². The van der Waals surface area contributed by atoms with Crippen molar-refractivity contribution in [1.82, 2.24) is 0 Å². The number of hydrogen-bond acceptors (Lipinski definition) is 5. The third-order valence-corrected chi connectivity index (χ3v) is 3.87. The van der Waals surface area contributed by atoms with Crippen LogP contribution in [0.2, 0.25) is 10.0 Å². The van der Waals surface area contributed by atoms with E-state index in [1.807, 2.05) is 0 Å². The molecule has 0 bridgehead atoms. The van der Waals surface area contributed by atoms with E-state index >= 15 is 0 Å². The molecule has 0 unspecified atom stereocenters. The molecule has 1 aromatic rings. The van der Waals surface area contributed by atoms with Crippen molar-refractivity contribution in [2.24, 2.45) is 0 Å². The summed E-state index contributed by atoms with van der Waals surface area (Å²) in [5.74, 6) is -1.06. The van der Waals surface area contributed by atoms with E-state index in [1.54, 1.807) is 11.8 Å². The molecular formula is C12H12Cl2N2O5. The summed E-state index contributed by atoms with van der Waals surface area (Å²) in [5.41, 5.74) is -0.464. The third-order valence-electron chi connectivity index (χ3n) is 3.15. The van der Waals surface area contributed by atoms with Crippen LogP contribution in [-0.2, 0) is 9.53 Å². The minimum Gasteiger partial charge on any atom is -0.480 e. The average molecular weight is 335 g/mol. The second-order valence-corrected chi connectivity index (χ2v) is 5.81. The van der Waals surface area contributed by atoms with Gasteiger partial charge in [0.05, 0.1) is 15.0 Å². The first-order valence-electron chi connectivity index (χ1n) is 5.96. The van der Waals surface area contributed by atoms with Gasteiger partial charge in [-0.15, -0.1) is 0 Å². The fourth-order valence-electron chi connectivity index (χ4n) is 2.18. The molecule has 1 aliphatic rings. The summed E-state index contributed by atoms with van der Waals surface area (Å²) < 4.78 is 5.26. The first-order chi connectivity index (χ1) is 9.72. The molecule has 1 saturated heterocycles. The van der Waals surface area contributed by atoms with Gasteiger partial charge >= 0.3 is 5.97 Å². The minimum atomic E-state index is -1.06. The lowest BCUT2D eigenvalue weighted by atomic mass is 9.95. The Morgan fingerprint density at radius 1 is 1.48 bits per heavy atom. The highest BCUT2D eigenvalue weighted by molar-refractivity contribution is 6.42. The number of anilines is 1. The van der Waals surface area contributed by atoms with Crippen molar-refractivity contribution in [1.29, 1.82) is 0 Å². The second-order valence-electron chi connectivity index (χ2n) is 5.00. The van der Waals surface area contributed by atoms with Crippen molar-refractivity contribution < 1.29 is 19.6 Å². The van der Waals surface area contributed by atoms with Gasteiger partial charge in [-0.1, -0.05) is 23.2 Å². The van der Waals surface area contributed by atoms with Crippen LogP contribution in [0.25, 0.3) is 0 Å². The molecule has 9 heteroatoms. The number of nitro groups is 1. The fraction of sp³-hybridized carbons (Fsp3) is 0.417. The summed E-state index contributed by atoms with van der Waals surface area (Å²) in [6.45, 7) is 2.00. The molecule has 114 valence electrons. The molecule has 0 amide bonds. The largest absolute Gasteiger partial charge is 0.480 e. The Morgan fingerprint density at radius 2 is 2.05 bits per heavy atom. The molecular weight excluding hydrogens is 323 g/mol. The van der Waals surface area contributed by atoms with Gasteiger partial charge in [0, 0.05) is 19.2 Å². The molecule has 1 fully saturated rings. The lowest BCUT2D eigenvalue weighted by molar-refractivity contribution is -0.384. The number of ether oxygens (including phenoxy) is 1. The Labute approximate surface area is 130 Å². The predicted molar refractivity (Wildman–Crippen MR) is 77.3 cm³/mol. The number of halogens is 2. The van der Waals surface area contributed by atoms with E-state index < -0.39 is 23.1 Å². The molecule has 1 heterocycles. The highest BCUT2D eigenvalue weighted by Gasteiger charge is 2.42. The Kier molecular flexibility index (Phi) is 4.27. The van der Waals surface area contributed by atoms with Crippen LogP contribution in [0.15, 0.2) is 12.1 Å². The molecule has 0 atom stereocenters. The number of carbonyl (C=O) groups is 1. The van der Waals surface area contributed by atoms with Gasteiger partial charge in [0.2, 0.25) is 0 Å². The van der Waals surface area contributed by atoms with Crippen molar-refractivity contribution in [2.45, 2.75) is 12.5 Å². The lowest BCUT2D eigenvalue weighted by Gasteiger charge is -2.48. The van der Waals surface area contributed by atoms with E-state index in [9.17, 15) is 14.9 Å². The molecule has 7 nitrogen and oxygen atoms in total. The molecule has 1 aliphatic heterocycles. The van der Waals surface area contributed by atoms with Gasteiger partial charge in [-0.05, 0) is 13.0 Å².